The minimum atomic E-state index is -1.06. The number of nitrogens with one attached hydrogen (secondary N) is 3. The summed E-state index contributed by atoms with van der Waals surface area (Å²) in [4.78, 5) is 53.1. The van der Waals surface area contributed by atoms with Crippen molar-refractivity contribution in [2.75, 3.05) is 7.05 Å². The van der Waals surface area contributed by atoms with Crippen molar-refractivity contribution >= 4 is 29.7 Å². The lowest BCUT2D eigenvalue weighted by atomic mass is 10.0. The highest BCUT2D eigenvalue weighted by Crippen LogP contribution is 2.32. The first-order valence-corrected chi connectivity index (χ1v) is 18.3. The van der Waals surface area contributed by atoms with E-state index in [1.807, 2.05) is 48.6 Å². The number of allylic oxidation sites excluding steroid dienone is 4. The first-order valence-electron chi connectivity index (χ1n) is 18.3. The number of carbonyl (C=O) groups is 4. The van der Waals surface area contributed by atoms with E-state index >= 15 is 0 Å². The normalized spacial score (nSPS) is 12.6. The molecule has 4 aromatic rings. The zero-order chi connectivity index (χ0) is 40.8. The second kappa shape index (κ2) is 24.5. The van der Waals surface area contributed by atoms with Crippen molar-refractivity contribution < 1.29 is 33.1 Å². The summed E-state index contributed by atoms with van der Waals surface area (Å²) in [5.74, 6) is -4.42. The highest BCUT2D eigenvalue weighted by Gasteiger charge is 2.27. The zero-order valence-corrected chi connectivity index (χ0v) is 32.7. The van der Waals surface area contributed by atoms with Gasteiger partial charge in [-0.05, 0) is 73.6 Å². The highest BCUT2D eigenvalue weighted by atomic mass is 19.2. The number of hydrogen-bond donors (Lipinski definition) is 4. The Bertz CT molecular complexity index is 1900. The van der Waals surface area contributed by atoms with Crippen LogP contribution in [0.3, 0.4) is 0 Å². The van der Waals surface area contributed by atoms with Gasteiger partial charge in [0.15, 0.2) is 23.6 Å². The number of halogens is 2. The van der Waals surface area contributed by atoms with E-state index in [0.717, 1.165) is 40.6 Å². The van der Waals surface area contributed by atoms with Crippen molar-refractivity contribution in [2.24, 2.45) is 0 Å². The molecule has 1 aliphatic carbocycles. The van der Waals surface area contributed by atoms with Gasteiger partial charge in [0.25, 0.3) is 11.8 Å². The lowest BCUT2D eigenvalue weighted by molar-refractivity contribution is 0.0695. The molecule has 0 saturated heterocycles. The predicted molar refractivity (Wildman–Crippen MR) is 209 cm³/mol. The molecule has 13 heteroatoms. The summed E-state index contributed by atoms with van der Waals surface area (Å²) in [5.41, 5.74) is 3.10. The minimum Gasteiger partial charge on any atom is -0.478 e. The van der Waals surface area contributed by atoms with Gasteiger partial charge in [0.2, 0.25) is 0 Å². The molecule has 0 aliphatic heterocycles. The minimum absolute atomic E-state index is 0.0106. The second-order valence-corrected chi connectivity index (χ2v) is 10.9. The molecule has 0 fully saturated rings. The number of aryl methyl sites for hydroxylation is 1. The number of aromatic nitrogens is 3. The van der Waals surface area contributed by atoms with Crippen molar-refractivity contribution in [3.05, 3.63) is 123 Å². The van der Waals surface area contributed by atoms with E-state index in [4.69, 9.17) is 0 Å². The van der Waals surface area contributed by atoms with E-state index in [1.54, 1.807) is 12.1 Å². The number of carbonyl (C=O) groups excluding carboxylic acids is 3. The molecule has 5 rings (SSSR count). The fraction of sp³-hybridized carbons (Fsp3) is 0.366. The smallest absolute Gasteiger partial charge is 0.335 e. The molecule has 2 amide bonds. The molecule has 1 unspecified atom stereocenters. The lowest BCUT2D eigenvalue weighted by Crippen LogP contribution is -2.30. The molecule has 1 aliphatic rings. The molecule has 2 aromatic heterocycles. The summed E-state index contributed by atoms with van der Waals surface area (Å²) in [6.45, 7) is 16.1. The maximum atomic E-state index is 13.5. The number of aromatic carboxylic acids is 1. The number of aldehydes is 1. The fourth-order valence-corrected chi connectivity index (χ4v) is 5.01. The van der Waals surface area contributed by atoms with Gasteiger partial charge in [0.1, 0.15) is 11.4 Å². The van der Waals surface area contributed by atoms with Crippen LogP contribution in [0, 0.1) is 11.6 Å². The molecule has 2 aromatic carbocycles. The number of rotatable bonds is 11. The van der Waals surface area contributed by atoms with Crippen LogP contribution in [-0.2, 0) is 13.0 Å². The van der Waals surface area contributed by atoms with E-state index in [9.17, 15) is 33.1 Å². The number of fused-ring (bicyclic) bond motifs is 2. The van der Waals surface area contributed by atoms with E-state index in [-0.39, 0.29) is 34.7 Å². The standard InChI is InChI=1S/C26H19F2N5O5.C9H17N.3C2H6/c27-18-5-1-13(7-19(18)28)10-29-24(35)21-9-22(33-23(31-21)16(12-34)11-30-33)25(36)32-20-6-3-14-8-15(26(37)38)2-4-17(14)20;1-4-5-6-7-8-9(2)10-3;3*1-2/h1-2,4-5,7-9,11-12,20H,3,6,10H2,(H,29,35)(H,32,36)(H,37,38);5-6,8,10H,4,7H2,1-3H3;3*1-2H3/b;6-5-,9-8+;;;. The molecule has 4 N–H and O–H groups in total. The summed E-state index contributed by atoms with van der Waals surface area (Å²) >= 11 is 0. The van der Waals surface area contributed by atoms with Crippen LogP contribution in [0.2, 0.25) is 0 Å². The largest absolute Gasteiger partial charge is 0.478 e. The monoisotopic (exact) mass is 748 g/mol. The number of carboxylic acids is 1. The van der Waals surface area contributed by atoms with Crippen LogP contribution in [0.1, 0.15) is 139 Å². The van der Waals surface area contributed by atoms with Gasteiger partial charge in [-0.2, -0.15) is 5.10 Å². The zero-order valence-electron chi connectivity index (χ0n) is 32.7. The molecular formula is C41H54F2N6O5. The molecule has 0 saturated carbocycles. The van der Waals surface area contributed by atoms with Crippen molar-refractivity contribution in [2.45, 2.75) is 93.7 Å². The Hall–Kier alpha value is -5.72. The van der Waals surface area contributed by atoms with Crippen LogP contribution < -0.4 is 16.0 Å². The number of benzene rings is 2. The van der Waals surface area contributed by atoms with Crippen LogP contribution >= 0.6 is 0 Å². The van der Waals surface area contributed by atoms with E-state index in [0.29, 0.717) is 24.7 Å². The first-order chi connectivity index (χ1) is 26.1. The van der Waals surface area contributed by atoms with E-state index in [2.05, 4.69) is 58.1 Å². The van der Waals surface area contributed by atoms with Gasteiger partial charge >= 0.3 is 5.97 Å². The van der Waals surface area contributed by atoms with Crippen LogP contribution in [0.5, 0.6) is 0 Å². The Labute approximate surface area is 317 Å². The van der Waals surface area contributed by atoms with Crippen molar-refractivity contribution in [3.63, 3.8) is 0 Å². The number of hydrogen-bond acceptors (Lipinski definition) is 7. The van der Waals surface area contributed by atoms with Crippen LogP contribution in [0.4, 0.5) is 8.78 Å². The third-order valence-corrected chi connectivity index (χ3v) is 7.66. The van der Waals surface area contributed by atoms with Crippen LogP contribution in [0.25, 0.3) is 5.65 Å². The molecule has 0 radical (unpaired) electrons. The maximum Gasteiger partial charge on any atom is 0.335 e. The van der Waals surface area contributed by atoms with Crippen molar-refractivity contribution in [1.82, 2.24) is 30.5 Å². The molecule has 0 spiro atoms. The third-order valence-electron chi connectivity index (χ3n) is 7.66. The molecule has 1 atom stereocenters. The average Bonchev–Trinajstić information content (AvgIpc) is 3.82. The molecular weight excluding hydrogens is 694 g/mol. The number of nitrogens with zero attached hydrogens (tertiary/aromatic N) is 3. The Kier molecular flexibility index (Phi) is 21.0. The molecule has 54 heavy (non-hydrogen) atoms. The Morgan fingerprint density at radius 2 is 1.67 bits per heavy atom. The summed E-state index contributed by atoms with van der Waals surface area (Å²) in [6.07, 6.45) is 11.5. The van der Waals surface area contributed by atoms with E-state index in [1.165, 1.54) is 30.1 Å². The van der Waals surface area contributed by atoms with Crippen molar-refractivity contribution in [1.29, 1.82) is 0 Å². The number of amides is 2. The Morgan fingerprint density at radius 3 is 2.28 bits per heavy atom. The highest BCUT2D eigenvalue weighted by molar-refractivity contribution is 5.99. The SMILES string of the molecule is CC.CC.CC.CC/C=C\C/C=C(\C)NC.O=Cc1cnn2c(C(=O)NC3CCc4cc(C(=O)O)ccc43)cc(C(=O)NCc3ccc(F)c(F)c3)nc12. The summed E-state index contributed by atoms with van der Waals surface area (Å²) in [5, 5.41) is 21.8. The second-order valence-electron chi connectivity index (χ2n) is 10.9. The lowest BCUT2D eigenvalue weighted by Gasteiger charge is -2.15. The maximum absolute atomic E-state index is 13.5. The van der Waals surface area contributed by atoms with Crippen LogP contribution in [-0.4, -0.2) is 50.8 Å². The number of carboxylic acid groups (broad SMARTS) is 1. The third kappa shape index (κ3) is 13.0. The van der Waals surface area contributed by atoms with Gasteiger partial charge in [-0.1, -0.05) is 78.8 Å². The fourth-order valence-electron chi connectivity index (χ4n) is 5.01. The van der Waals surface area contributed by atoms with Gasteiger partial charge in [-0.15, -0.1) is 0 Å². The van der Waals surface area contributed by atoms with Gasteiger partial charge in [0, 0.05) is 25.4 Å². The Morgan fingerprint density at radius 1 is 0.963 bits per heavy atom. The molecule has 0 bridgehead atoms. The predicted octanol–water partition coefficient (Wildman–Crippen LogP) is 8.41. The first kappa shape index (κ1) is 46.3. The average molecular weight is 749 g/mol. The van der Waals surface area contributed by atoms with Crippen LogP contribution in [0.15, 0.2) is 72.6 Å². The molecule has 292 valence electrons. The van der Waals surface area contributed by atoms with Gasteiger partial charge in [-0.25, -0.2) is 23.1 Å². The molecule has 2 heterocycles. The Balaban J connectivity index is 0.000000780. The quantitative estimate of drug-likeness (QED) is 0.0881. The molecule has 11 nitrogen and oxygen atoms in total. The topological polar surface area (TPSA) is 155 Å². The van der Waals surface area contributed by atoms with Gasteiger partial charge in [0.05, 0.1) is 23.4 Å². The van der Waals surface area contributed by atoms with Crippen molar-refractivity contribution in [3.8, 4) is 0 Å². The summed E-state index contributed by atoms with van der Waals surface area (Å²) in [6, 6.07) is 8.72. The van der Waals surface area contributed by atoms with E-state index < -0.39 is 35.5 Å². The van der Waals surface area contributed by atoms with Gasteiger partial charge in [-0.3, -0.25) is 14.4 Å². The van der Waals surface area contributed by atoms with Gasteiger partial charge < -0.3 is 21.1 Å². The summed E-state index contributed by atoms with van der Waals surface area (Å²) < 4.78 is 27.8. The summed E-state index contributed by atoms with van der Waals surface area (Å²) in [7, 11) is 1.94.